The fourth-order valence-electron chi connectivity index (χ4n) is 7.99. The molecule has 13 heteroatoms. The number of hydrogen-bond donors (Lipinski definition) is 3. The summed E-state index contributed by atoms with van der Waals surface area (Å²) in [5.74, 6) is 1.31. The molecule has 0 spiro atoms. The molecule has 1 atom stereocenters. The molecule has 4 aromatic rings. The van der Waals surface area contributed by atoms with Crippen LogP contribution in [0.4, 0.5) is 17.2 Å². The largest absolute Gasteiger partial charge is 0.507 e. The van der Waals surface area contributed by atoms with E-state index in [0.717, 1.165) is 69.0 Å². The summed E-state index contributed by atoms with van der Waals surface area (Å²) in [6, 6.07) is 15.3. The number of nitrogen functional groups attached to an aromatic ring is 1. The summed E-state index contributed by atoms with van der Waals surface area (Å²) in [5.41, 5.74) is 11.2. The topological polar surface area (TPSA) is 155 Å². The molecule has 8 rings (SSSR count). The molecule has 0 radical (unpaired) electrons. The van der Waals surface area contributed by atoms with Gasteiger partial charge < -0.3 is 30.3 Å². The van der Waals surface area contributed by atoms with Crippen molar-refractivity contribution in [3.05, 3.63) is 66.5 Å². The number of phenolic OH excluding ortho intramolecular Hbond substituents is 1. The van der Waals surface area contributed by atoms with Crippen LogP contribution in [0.5, 0.6) is 11.5 Å². The zero-order chi connectivity index (χ0) is 33.5. The van der Waals surface area contributed by atoms with Crippen LogP contribution in [-0.2, 0) is 9.59 Å². The van der Waals surface area contributed by atoms with E-state index in [0.29, 0.717) is 54.9 Å². The van der Waals surface area contributed by atoms with Gasteiger partial charge in [0.15, 0.2) is 5.82 Å². The first-order valence-electron chi connectivity index (χ1n) is 17.2. The van der Waals surface area contributed by atoms with Gasteiger partial charge in [0, 0.05) is 31.1 Å². The molecule has 3 fully saturated rings. The van der Waals surface area contributed by atoms with E-state index in [1.165, 1.54) is 5.56 Å². The number of rotatable bonds is 6. The molecule has 2 aromatic heterocycles. The second kappa shape index (κ2) is 13.0. The van der Waals surface area contributed by atoms with Gasteiger partial charge in [0.2, 0.25) is 11.8 Å². The van der Waals surface area contributed by atoms with Crippen molar-refractivity contribution in [1.29, 1.82) is 0 Å². The van der Waals surface area contributed by atoms with Gasteiger partial charge in [-0.2, -0.15) is 5.10 Å². The molecule has 0 saturated carbocycles. The van der Waals surface area contributed by atoms with Crippen LogP contribution in [0.3, 0.4) is 0 Å². The van der Waals surface area contributed by atoms with Gasteiger partial charge in [0.25, 0.3) is 0 Å². The number of ether oxygens (including phenoxy) is 1. The lowest BCUT2D eigenvalue weighted by atomic mass is 9.86. The average Bonchev–Trinajstić information content (AvgIpc) is 3.62. The highest BCUT2D eigenvalue weighted by Gasteiger charge is 2.37. The third-order valence-corrected chi connectivity index (χ3v) is 10.6. The van der Waals surface area contributed by atoms with E-state index in [-0.39, 0.29) is 29.4 Å². The molecule has 13 nitrogen and oxygen atoms in total. The summed E-state index contributed by atoms with van der Waals surface area (Å²) < 4.78 is 7.99. The highest BCUT2D eigenvalue weighted by molar-refractivity contribution is 6.02. The number of benzene rings is 2. The molecule has 49 heavy (non-hydrogen) atoms. The number of amides is 2. The summed E-state index contributed by atoms with van der Waals surface area (Å²) in [6.45, 7) is 5.14. The van der Waals surface area contributed by atoms with Crippen molar-refractivity contribution >= 4 is 29.0 Å². The minimum Gasteiger partial charge on any atom is -0.507 e. The minimum absolute atomic E-state index is 0.132. The fourth-order valence-corrected chi connectivity index (χ4v) is 7.99. The van der Waals surface area contributed by atoms with Gasteiger partial charge in [0.1, 0.15) is 29.8 Å². The molecular formula is C36H41N9O4. The van der Waals surface area contributed by atoms with Gasteiger partial charge in [-0.3, -0.25) is 14.9 Å². The molecular weight excluding hydrogens is 622 g/mol. The van der Waals surface area contributed by atoms with E-state index in [2.05, 4.69) is 47.4 Å². The standard InChI is InChI=1S/C36H41N9O4/c37-35-31(20-28(40-41-35)27-4-1-2-7-32(27)46)45-22-25(21-38-45)43-16-12-24(13-17-43)42-14-10-23(11-15-42)26-5-3-6-29-34(26)49-19-18-44(29)30-8-9-33(47)39-36(30)48/h1-7,20-24,30,46H,8-19H2,(H2,37,41)(H,39,47,48). The summed E-state index contributed by atoms with van der Waals surface area (Å²) in [5, 5.41) is 25.7. The number of aromatic hydroxyl groups is 1. The monoisotopic (exact) mass is 663 g/mol. The van der Waals surface area contributed by atoms with Crippen LogP contribution in [0.15, 0.2) is 60.9 Å². The molecule has 4 aliphatic rings. The summed E-state index contributed by atoms with van der Waals surface area (Å²) in [7, 11) is 0. The van der Waals surface area contributed by atoms with Crippen LogP contribution in [0.25, 0.3) is 16.9 Å². The van der Waals surface area contributed by atoms with Gasteiger partial charge in [0.05, 0.1) is 36.0 Å². The number of carbonyl (C=O) groups is 2. The van der Waals surface area contributed by atoms with Crippen molar-refractivity contribution in [3.8, 4) is 28.4 Å². The predicted molar refractivity (Wildman–Crippen MR) is 185 cm³/mol. The van der Waals surface area contributed by atoms with Crippen LogP contribution in [0, 0.1) is 0 Å². The third kappa shape index (κ3) is 6.03. The van der Waals surface area contributed by atoms with E-state index in [1.54, 1.807) is 28.9 Å². The average molecular weight is 664 g/mol. The summed E-state index contributed by atoms with van der Waals surface area (Å²) >= 11 is 0. The number of anilines is 3. The van der Waals surface area contributed by atoms with E-state index in [9.17, 15) is 14.7 Å². The first-order chi connectivity index (χ1) is 23.9. The Morgan fingerprint density at radius 3 is 2.51 bits per heavy atom. The van der Waals surface area contributed by atoms with E-state index in [1.807, 2.05) is 24.5 Å². The van der Waals surface area contributed by atoms with Crippen molar-refractivity contribution in [2.75, 3.05) is 54.9 Å². The zero-order valence-corrected chi connectivity index (χ0v) is 27.4. The van der Waals surface area contributed by atoms with E-state index >= 15 is 0 Å². The number of aromatic nitrogens is 4. The summed E-state index contributed by atoms with van der Waals surface area (Å²) in [6.07, 6.45) is 9.04. The number of fused-ring (bicyclic) bond motifs is 1. The lowest BCUT2D eigenvalue weighted by Crippen LogP contribution is -2.54. The quantitative estimate of drug-likeness (QED) is 0.260. The van der Waals surface area contributed by atoms with Crippen molar-refractivity contribution in [3.63, 3.8) is 0 Å². The van der Waals surface area contributed by atoms with Gasteiger partial charge in [-0.15, -0.1) is 10.2 Å². The second-order valence-electron chi connectivity index (χ2n) is 13.4. The first kappa shape index (κ1) is 31.1. The molecule has 4 N–H and O–H groups in total. The Labute approximate surface area is 284 Å². The van der Waals surface area contributed by atoms with Crippen LogP contribution in [-0.4, -0.2) is 93.2 Å². The molecule has 2 aromatic carbocycles. The number of likely N-dealkylation sites (tertiary alicyclic amines) is 1. The van der Waals surface area contributed by atoms with Crippen LogP contribution in [0.2, 0.25) is 0 Å². The number of imide groups is 1. The number of nitrogens with zero attached hydrogens (tertiary/aromatic N) is 7. The lowest BCUT2D eigenvalue weighted by Gasteiger charge is -2.43. The molecule has 0 bridgehead atoms. The van der Waals surface area contributed by atoms with E-state index in [4.69, 9.17) is 10.5 Å². The van der Waals surface area contributed by atoms with Gasteiger partial charge in [-0.25, -0.2) is 4.68 Å². The number of hydrogen-bond acceptors (Lipinski definition) is 11. The SMILES string of the molecule is Nc1nnc(-c2ccccc2O)cc1-n1cc(N2CCC(N3CCC(c4cccc5c4OCCN5C4CCC(=O)NC4=O)CC3)CC2)cn1. The Bertz CT molecular complexity index is 1860. The highest BCUT2D eigenvalue weighted by atomic mass is 16.5. The van der Waals surface area contributed by atoms with E-state index < -0.39 is 0 Å². The molecule has 4 aliphatic heterocycles. The number of piperidine rings is 3. The number of carbonyl (C=O) groups excluding carboxylic acids is 2. The van der Waals surface area contributed by atoms with Crippen molar-refractivity contribution in [2.24, 2.45) is 0 Å². The number of phenols is 1. The number of nitrogens with two attached hydrogens (primary N) is 1. The second-order valence-corrected chi connectivity index (χ2v) is 13.4. The number of para-hydroxylation sites is 2. The Hall–Kier alpha value is -5.17. The zero-order valence-electron chi connectivity index (χ0n) is 27.4. The predicted octanol–water partition coefficient (Wildman–Crippen LogP) is 3.47. The fraction of sp³-hybridized carbons (Fsp3) is 0.417. The van der Waals surface area contributed by atoms with Crippen molar-refractivity contribution in [2.45, 2.75) is 56.5 Å². The smallest absolute Gasteiger partial charge is 0.249 e. The van der Waals surface area contributed by atoms with Crippen LogP contribution < -0.4 is 25.6 Å². The lowest BCUT2D eigenvalue weighted by molar-refractivity contribution is -0.134. The molecule has 6 heterocycles. The van der Waals surface area contributed by atoms with Crippen LogP contribution >= 0.6 is 0 Å². The first-order valence-corrected chi connectivity index (χ1v) is 17.2. The molecule has 1 unspecified atom stereocenters. The molecule has 0 aliphatic carbocycles. The maximum absolute atomic E-state index is 12.7. The normalized spacial score (nSPS) is 20.9. The maximum atomic E-state index is 12.7. The number of nitrogens with one attached hydrogen (secondary N) is 1. The minimum atomic E-state index is -0.341. The Kier molecular flexibility index (Phi) is 8.28. The maximum Gasteiger partial charge on any atom is 0.249 e. The van der Waals surface area contributed by atoms with Gasteiger partial charge >= 0.3 is 0 Å². The molecule has 254 valence electrons. The highest BCUT2D eigenvalue weighted by Crippen LogP contribution is 2.43. The Morgan fingerprint density at radius 2 is 1.71 bits per heavy atom. The molecule has 3 saturated heterocycles. The van der Waals surface area contributed by atoms with Gasteiger partial charge in [-0.05, 0) is 80.9 Å². The van der Waals surface area contributed by atoms with Crippen LogP contribution in [0.1, 0.15) is 50.0 Å². The molecule has 2 amide bonds. The van der Waals surface area contributed by atoms with Crippen molar-refractivity contribution in [1.82, 2.24) is 30.2 Å². The third-order valence-electron chi connectivity index (χ3n) is 10.6. The Morgan fingerprint density at radius 1 is 0.898 bits per heavy atom. The summed E-state index contributed by atoms with van der Waals surface area (Å²) in [4.78, 5) is 31.6. The van der Waals surface area contributed by atoms with Gasteiger partial charge in [-0.1, -0.05) is 24.3 Å². The van der Waals surface area contributed by atoms with Crippen molar-refractivity contribution < 1.29 is 19.4 Å². The Balaban J connectivity index is 0.884.